The van der Waals surface area contributed by atoms with E-state index in [1.807, 2.05) is 49.4 Å². The Morgan fingerprint density at radius 2 is 1.77 bits per heavy atom. The number of ether oxygens (including phenoxy) is 1. The zero-order valence-corrected chi connectivity index (χ0v) is 18.0. The normalized spacial score (nSPS) is 21.6. The van der Waals surface area contributed by atoms with Gasteiger partial charge >= 0.3 is 0 Å². The minimum atomic E-state index is -3.67. The van der Waals surface area contributed by atoms with Gasteiger partial charge in [-0.3, -0.25) is 4.79 Å². The van der Waals surface area contributed by atoms with Gasteiger partial charge in [0.15, 0.2) is 0 Å². The van der Waals surface area contributed by atoms with Crippen LogP contribution in [0.3, 0.4) is 0 Å². The fraction of sp³-hybridized carbons (Fsp3) is 0.435. The maximum Gasteiger partial charge on any atom is 0.243 e. The summed E-state index contributed by atoms with van der Waals surface area (Å²) in [6.07, 6.45) is 2.22. The summed E-state index contributed by atoms with van der Waals surface area (Å²) in [4.78, 5) is 13.5. The molecular weight excluding hydrogens is 400 g/mol. The summed E-state index contributed by atoms with van der Waals surface area (Å²) < 4.78 is 33.7. The third-order valence-corrected chi connectivity index (χ3v) is 8.26. The lowest BCUT2D eigenvalue weighted by Crippen LogP contribution is -2.42. The van der Waals surface area contributed by atoms with E-state index in [0.29, 0.717) is 32.6 Å². The van der Waals surface area contributed by atoms with E-state index in [1.54, 1.807) is 12.1 Å². The van der Waals surface area contributed by atoms with E-state index in [2.05, 4.69) is 5.32 Å². The van der Waals surface area contributed by atoms with Crippen molar-refractivity contribution in [1.29, 1.82) is 0 Å². The van der Waals surface area contributed by atoms with Gasteiger partial charge in [-0.2, -0.15) is 4.31 Å². The zero-order valence-electron chi connectivity index (χ0n) is 17.2. The monoisotopic (exact) mass is 428 g/mol. The Kier molecular flexibility index (Phi) is 5.95. The van der Waals surface area contributed by atoms with E-state index in [9.17, 15) is 13.2 Å². The van der Waals surface area contributed by atoms with Crippen LogP contribution in [0.4, 0.5) is 5.69 Å². The number of nitrogens with zero attached hydrogens (tertiary/aromatic N) is 1. The fourth-order valence-corrected chi connectivity index (χ4v) is 6.10. The number of aryl methyl sites for hydroxylation is 1. The van der Waals surface area contributed by atoms with Crippen LogP contribution in [0.15, 0.2) is 59.5 Å². The van der Waals surface area contributed by atoms with Crippen molar-refractivity contribution in [3.63, 3.8) is 0 Å². The first-order chi connectivity index (χ1) is 14.4. The molecule has 2 fully saturated rings. The van der Waals surface area contributed by atoms with E-state index in [1.165, 1.54) is 4.31 Å². The lowest BCUT2D eigenvalue weighted by atomic mass is 9.72. The molecule has 0 bridgehead atoms. The molecular formula is C23H28N2O4S. The Bertz CT molecular complexity index is 984. The Morgan fingerprint density at radius 1 is 1.10 bits per heavy atom. The minimum absolute atomic E-state index is 0.123. The maximum atomic E-state index is 13.3. The first-order valence-electron chi connectivity index (χ1n) is 10.5. The summed E-state index contributed by atoms with van der Waals surface area (Å²) in [5, 5.41) is 2.98. The second-order valence-electron chi connectivity index (χ2n) is 8.18. The van der Waals surface area contributed by atoms with Gasteiger partial charge in [0.25, 0.3) is 0 Å². The molecule has 2 aromatic rings. The Labute approximate surface area is 178 Å². The molecule has 0 saturated carbocycles. The van der Waals surface area contributed by atoms with Crippen molar-refractivity contribution < 1.29 is 17.9 Å². The summed E-state index contributed by atoms with van der Waals surface area (Å²) in [6, 6.07) is 16.4. The second-order valence-corrected chi connectivity index (χ2v) is 10.1. The highest BCUT2D eigenvalue weighted by Crippen LogP contribution is 2.46. The number of para-hydroxylation sites is 1. The van der Waals surface area contributed by atoms with Crippen molar-refractivity contribution in [1.82, 2.24) is 4.31 Å². The van der Waals surface area contributed by atoms with Gasteiger partial charge in [-0.05, 0) is 49.1 Å². The third kappa shape index (κ3) is 4.02. The molecule has 2 aromatic carbocycles. The molecule has 4 rings (SSSR count). The number of anilines is 1. The quantitative estimate of drug-likeness (QED) is 0.793. The van der Waals surface area contributed by atoms with Crippen molar-refractivity contribution in [2.24, 2.45) is 11.3 Å². The fourth-order valence-electron chi connectivity index (χ4n) is 4.55. The highest BCUT2D eigenvalue weighted by Gasteiger charge is 2.53. The molecule has 0 unspecified atom stereocenters. The third-order valence-electron chi connectivity index (χ3n) is 6.43. The molecule has 0 aliphatic carbocycles. The second kappa shape index (κ2) is 8.49. The van der Waals surface area contributed by atoms with Gasteiger partial charge in [0.2, 0.25) is 15.9 Å². The lowest BCUT2D eigenvalue weighted by Gasteiger charge is -2.37. The molecule has 7 heteroatoms. The smallest absolute Gasteiger partial charge is 0.243 e. The number of hydrogen-bond acceptors (Lipinski definition) is 4. The van der Waals surface area contributed by atoms with Crippen molar-refractivity contribution in [2.75, 3.05) is 31.6 Å². The number of amides is 1. The summed E-state index contributed by atoms with van der Waals surface area (Å²) in [5.74, 6) is -0.534. The van der Waals surface area contributed by atoms with Gasteiger partial charge in [0.05, 0.1) is 10.8 Å². The van der Waals surface area contributed by atoms with Crippen molar-refractivity contribution >= 4 is 21.6 Å². The van der Waals surface area contributed by atoms with E-state index in [0.717, 1.165) is 17.7 Å². The van der Waals surface area contributed by atoms with Crippen LogP contribution < -0.4 is 5.32 Å². The summed E-state index contributed by atoms with van der Waals surface area (Å²) in [5.41, 5.74) is 1.42. The van der Waals surface area contributed by atoms with Gasteiger partial charge in [-0.1, -0.05) is 37.3 Å². The predicted octanol–water partition coefficient (Wildman–Crippen LogP) is 3.31. The van der Waals surface area contributed by atoms with Gasteiger partial charge < -0.3 is 10.1 Å². The molecule has 0 aromatic heterocycles. The molecule has 160 valence electrons. The van der Waals surface area contributed by atoms with Crippen LogP contribution >= 0.6 is 0 Å². The number of rotatable bonds is 5. The lowest BCUT2D eigenvalue weighted by molar-refractivity contribution is -0.124. The average molecular weight is 429 g/mol. The molecule has 1 amide bonds. The molecule has 0 radical (unpaired) electrons. The largest absolute Gasteiger partial charge is 0.381 e. The molecule has 1 atom stereocenters. The SMILES string of the molecule is CCc1ccc(S(=O)(=O)N2C[C@@H](C(=O)Nc3ccccc3)C3(CCOCC3)C2)cc1. The zero-order chi connectivity index (χ0) is 21.2. The molecule has 30 heavy (non-hydrogen) atoms. The molecule has 2 saturated heterocycles. The van der Waals surface area contributed by atoms with Crippen LogP contribution in [-0.2, 0) is 26.0 Å². The minimum Gasteiger partial charge on any atom is -0.381 e. The average Bonchev–Trinajstić information content (AvgIpc) is 3.14. The number of carbonyl (C=O) groups excluding carboxylic acids is 1. The van der Waals surface area contributed by atoms with E-state index < -0.39 is 21.4 Å². The number of carbonyl (C=O) groups is 1. The van der Waals surface area contributed by atoms with Crippen LogP contribution in [0, 0.1) is 11.3 Å². The summed E-state index contributed by atoms with van der Waals surface area (Å²) in [7, 11) is -3.67. The number of benzene rings is 2. The van der Waals surface area contributed by atoms with E-state index >= 15 is 0 Å². The van der Waals surface area contributed by atoms with E-state index in [-0.39, 0.29) is 17.3 Å². The van der Waals surface area contributed by atoms with Crippen LogP contribution in [0.2, 0.25) is 0 Å². The Morgan fingerprint density at radius 3 is 2.40 bits per heavy atom. The van der Waals surface area contributed by atoms with Crippen LogP contribution in [0.1, 0.15) is 25.3 Å². The number of nitrogens with one attached hydrogen (secondary N) is 1. The van der Waals surface area contributed by atoms with E-state index in [4.69, 9.17) is 4.74 Å². The maximum absolute atomic E-state index is 13.3. The summed E-state index contributed by atoms with van der Waals surface area (Å²) in [6.45, 7) is 3.68. The predicted molar refractivity (Wildman–Crippen MR) is 116 cm³/mol. The molecule has 2 aliphatic heterocycles. The van der Waals surface area contributed by atoms with Gasteiger partial charge in [0, 0.05) is 37.4 Å². The first kappa shape index (κ1) is 21.0. The van der Waals surface area contributed by atoms with Crippen LogP contribution in [-0.4, -0.2) is 44.9 Å². The topological polar surface area (TPSA) is 75.7 Å². The summed E-state index contributed by atoms with van der Waals surface area (Å²) >= 11 is 0. The van der Waals surface area contributed by atoms with Gasteiger partial charge in [-0.15, -0.1) is 0 Å². The highest BCUT2D eigenvalue weighted by molar-refractivity contribution is 7.89. The van der Waals surface area contributed by atoms with Crippen molar-refractivity contribution in [3.05, 3.63) is 60.2 Å². The molecule has 2 aliphatic rings. The Hall–Kier alpha value is -2.22. The standard InChI is InChI=1S/C23H28N2O4S/c1-2-18-8-10-20(11-9-18)30(27,28)25-16-21(23(17-25)12-14-29-15-13-23)22(26)24-19-6-4-3-5-7-19/h3-11,21H,2,12-17H2,1H3,(H,24,26)/t21-/m0/s1. The van der Waals surface area contributed by atoms with Crippen LogP contribution in [0.25, 0.3) is 0 Å². The molecule has 2 heterocycles. The van der Waals surface area contributed by atoms with Crippen LogP contribution in [0.5, 0.6) is 0 Å². The highest BCUT2D eigenvalue weighted by atomic mass is 32.2. The first-order valence-corrected chi connectivity index (χ1v) is 11.9. The number of sulfonamides is 1. The molecule has 1 N–H and O–H groups in total. The molecule has 1 spiro atoms. The molecule has 6 nitrogen and oxygen atoms in total. The Balaban J connectivity index is 1.60. The van der Waals surface area contributed by atoms with Crippen molar-refractivity contribution in [3.8, 4) is 0 Å². The van der Waals surface area contributed by atoms with Gasteiger partial charge in [-0.25, -0.2) is 8.42 Å². The van der Waals surface area contributed by atoms with Crippen molar-refractivity contribution in [2.45, 2.75) is 31.1 Å². The van der Waals surface area contributed by atoms with Gasteiger partial charge in [0.1, 0.15) is 0 Å². The number of hydrogen-bond donors (Lipinski definition) is 1.